The summed E-state index contributed by atoms with van der Waals surface area (Å²) in [6.45, 7) is 3.42. The van der Waals surface area contributed by atoms with E-state index in [9.17, 15) is 29.1 Å². The number of benzene rings is 3. The number of nitrogens with zero attached hydrogens (tertiary/aromatic N) is 2. The quantitative estimate of drug-likeness (QED) is 0.0818. The molecule has 0 spiro atoms. The molecule has 0 saturated heterocycles. The summed E-state index contributed by atoms with van der Waals surface area (Å²) in [4.78, 5) is 69.3. The van der Waals surface area contributed by atoms with E-state index < -0.39 is 60.4 Å². The summed E-state index contributed by atoms with van der Waals surface area (Å²) >= 11 is 0. The number of hydrogen-bond acceptors (Lipinski definition) is 10. The van der Waals surface area contributed by atoms with Gasteiger partial charge in [0.25, 0.3) is 11.8 Å². The SMILES string of the molecule is COC(=O)NC(C(=O)NN(Cc1ccc(OC)cc1)C[C@H](O)[C@H](Cc1ccccc1)NC(=O)[C@H](CC(N)=O)NC(=O)c1ccc2ccccc2n1)C(C)C. The lowest BCUT2D eigenvalue weighted by atomic mass is 9.99. The average molecular weight is 742 g/mol. The standard InChI is InChI=1S/C39H47N7O8/c1-24(2)35(44-39(52)54-4)38(51)45-46(22-26-14-17-28(53-3)18-15-26)23-33(47)31(20-25-10-6-5-7-11-25)42-37(50)32(21-34(40)48)43-36(49)30-19-16-27-12-8-9-13-29(27)41-30/h5-19,24,31-33,35,47H,20-23H2,1-4H3,(H2,40,48)(H,42,50)(H,43,49)(H,44,52)(H,45,51)/t31-,32-,33-,35?/m0/s1. The third-order valence-electron chi connectivity index (χ3n) is 8.56. The highest BCUT2D eigenvalue weighted by Crippen LogP contribution is 2.16. The van der Waals surface area contributed by atoms with Gasteiger partial charge < -0.3 is 36.3 Å². The van der Waals surface area contributed by atoms with Gasteiger partial charge in [0, 0.05) is 18.5 Å². The van der Waals surface area contributed by atoms with E-state index >= 15 is 0 Å². The first-order valence-electron chi connectivity index (χ1n) is 17.4. The zero-order valence-electron chi connectivity index (χ0n) is 30.7. The first-order chi connectivity index (χ1) is 25.9. The third kappa shape index (κ3) is 12.0. The number of amides is 5. The minimum Gasteiger partial charge on any atom is -0.497 e. The highest BCUT2D eigenvalue weighted by Gasteiger charge is 2.32. The van der Waals surface area contributed by atoms with E-state index in [0.29, 0.717) is 11.3 Å². The number of pyridine rings is 1. The van der Waals surface area contributed by atoms with Crippen LogP contribution in [0.1, 0.15) is 41.9 Å². The molecule has 4 rings (SSSR count). The lowest BCUT2D eigenvalue weighted by Crippen LogP contribution is -2.59. The van der Waals surface area contributed by atoms with Gasteiger partial charge in [-0.1, -0.05) is 80.6 Å². The van der Waals surface area contributed by atoms with Gasteiger partial charge in [-0.15, -0.1) is 0 Å². The van der Waals surface area contributed by atoms with Gasteiger partial charge in [-0.2, -0.15) is 0 Å². The lowest BCUT2D eigenvalue weighted by Gasteiger charge is -2.32. The van der Waals surface area contributed by atoms with Crippen LogP contribution in [0.4, 0.5) is 4.79 Å². The van der Waals surface area contributed by atoms with Crippen LogP contribution >= 0.6 is 0 Å². The Morgan fingerprint density at radius 1 is 0.815 bits per heavy atom. The molecular weight excluding hydrogens is 694 g/mol. The van der Waals surface area contributed by atoms with Gasteiger partial charge in [-0.3, -0.25) is 24.6 Å². The molecule has 286 valence electrons. The monoisotopic (exact) mass is 741 g/mol. The molecule has 0 saturated carbocycles. The second-order valence-corrected chi connectivity index (χ2v) is 13.0. The molecule has 0 aliphatic carbocycles. The number of nitrogens with one attached hydrogen (secondary N) is 4. The fourth-order valence-electron chi connectivity index (χ4n) is 5.67. The molecular formula is C39H47N7O8. The number of fused-ring (bicyclic) bond motifs is 1. The summed E-state index contributed by atoms with van der Waals surface area (Å²) in [6, 6.07) is 23.2. The topological polar surface area (TPSA) is 214 Å². The van der Waals surface area contributed by atoms with Crippen molar-refractivity contribution in [1.82, 2.24) is 31.4 Å². The van der Waals surface area contributed by atoms with Gasteiger partial charge in [0.2, 0.25) is 11.8 Å². The Balaban J connectivity index is 1.59. The number of aromatic nitrogens is 1. The van der Waals surface area contributed by atoms with Gasteiger partial charge in [-0.25, -0.2) is 14.8 Å². The van der Waals surface area contributed by atoms with Crippen LogP contribution < -0.4 is 31.8 Å². The van der Waals surface area contributed by atoms with Crippen molar-refractivity contribution in [2.45, 2.75) is 57.5 Å². The predicted octanol–water partition coefficient (Wildman–Crippen LogP) is 2.22. The summed E-state index contributed by atoms with van der Waals surface area (Å²) in [6.07, 6.45) is -2.50. The number of nitrogens with two attached hydrogens (primary N) is 1. The molecule has 0 bridgehead atoms. The van der Waals surface area contributed by atoms with Crippen molar-refractivity contribution < 1.29 is 38.6 Å². The summed E-state index contributed by atoms with van der Waals surface area (Å²) in [5.74, 6) is -2.57. The number of aliphatic hydroxyl groups excluding tert-OH is 1. The van der Waals surface area contributed by atoms with Crippen molar-refractivity contribution in [2.75, 3.05) is 20.8 Å². The van der Waals surface area contributed by atoms with E-state index in [-0.39, 0.29) is 31.1 Å². The van der Waals surface area contributed by atoms with E-state index in [1.165, 1.54) is 18.2 Å². The number of carbonyl (C=O) groups excluding carboxylic acids is 5. The smallest absolute Gasteiger partial charge is 0.407 e. The number of para-hydroxylation sites is 1. The average Bonchev–Trinajstić information content (AvgIpc) is 3.16. The van der Waals surface area contributed by atoms with Crippen LogP contribution in [0.2, 0.25) is 0 Å². The third-order valence-corrected chi connectivity index (χ3v) is 8.56. The van der Waals surface area contributed by atoms with Crippen LogP contribution in [0.15, 0.2) is 91.0 Å². The van der Waals surface area contributed by atoms with Gasteiger partial charge in [-0.05, 0) is 47.7 Å². The molecule has 7 N–H and O–H groups in total. The molecule has 0 aliphatic heterocycles. The number of primary amides is 1. The molecule has 15 nitrogen and oxygen atoms in total. The largest absolute Gasteiger partial charge is 0.497 e. The van der Waals surface area contributed by atoms with Crippen LogP contribution in [0.25, 0.3) is 10.9 Å². The van der Waals surface area contributed by atoms with Crippen LogP contribution in [0.5, 0.6) is 5.75 Å². The van der Waals surface area contributed by atoms with Crippen molar-refractivity contribution in [3.05, 3.63) is 108 Å². The van der Waals surface area contributed by atoms with Crippen LogP contribution in [0.3, 0.4) is 0 Å². The first-order valence-corrected chi connectivity index (χ1v) is 17.4. The number of hydrogen-bond donors (Lipinski definition) is 6. The zero-order valence-corrected chi connectivity index (χ0v) is 30.7. The van der Waals surface area contributed by atoms with E-state index in [2.05, 4.69) is 26.4 Å². The molecule has 54 heavy (non-hydrogen) atoms. The van der Waals surface area contributed by atoms with Crippen molar-refractivity contribution in [2.24, 2.45) is 11.7 Å². The number of rotatable bonds is 18. The van der Waals surface area contributed by atoms with Crippen LogP contribution in [0, 0.1) is 5.92 Å². The molecule has 15 heteroatoms. The molecule has 1 aromatic heterocycles. The zero-order chi connectivity index (χ0) is 39.2. The minimum absolute atomic E-state index is 0.0307. The Labute approximate surface area is 313 Å². The van der Waals surface area contributed by atoms with E-state index in [4.69, 9.17) is 15.2 Å². The number of methoxy groups -OCH3 is 2. The molecule has 4 atom stereocenters. The Hall–Kier alpha value is -6.06. The summed E-state index contributed by atoms with van der Waals surface area (Å²) < 4.78 is 9.98. The molecule has 5 amide bonds. The van der Waals surface area contributed by atoms with Gasteiger partial charge >= 0.3 is 6.09 Å². The second-order valence-electron chi connectivity index (χ2n) is 13.0. The lowest BCUT2D eigenvalue weighted by molar-refractivity contribution is -0.131. The summed E-state index contributed by atoms with van der Waals surface area (Å²) in [7, 11) is 2.73. The van der Waals surface area contributed by atoms with Crippen molar-refractivity contribution in [1.29, 1.82) is 0 Å². The number of carbonyl (C=O) groups is 5. The van der Waals surface area contributed by atoms with Crippen molar-refractivity contribution in [3.63, 3.8) is 0 Å². The maximum atomic E-state index is 13.9. The summed E-state index contributed by atoms with van der Waals surface area (Å²) in [5, 5.41) is 22.0. The molecule has 0 fully saturated rings. The van der Waals surface area contributed by atoms with Crippen molar-refractivity contribution >= 4 is 40.6 Å². The molecule has 3 aromatic carbocycles. The van der Waals surface area contributed by atoms with Gasteiger partial charge in [0.1, 0.15) is 23.5 Å². The maximum absolute atomic E-state index is 13.9. The highest BCUT2D eigenvalue weighted by molar-refractivity contribution is 5.99. The van der Waals surface area contributed by atoms with Crippen LogP contribution in [-0.4, -0.2) is 89.8 Å². The molecule has 1 unspecified atom stereocenters. The fourth-order valence-corrected chi connectivity index (χ4v) is 5.67. The first kappa shape index (κ1) is 40.7. The van der Waals surface area contributed by atoms with Crippen molar-refractivity contribution in [3.8, 4) is 5.75 Å². The summed E-state index contributed by atoms with van der Waals surface area (Å²) in [5.41, 5.74) is 10.4. The molecule has 0 aliphatic rings. The Morgan fingerprint density at radius 2 is 1.50 bits per heavy atom. The van der Waals surface area contributed by atoms with Gasteiger partial charge in [0.15, 0.2) is 0 Å². The van der Waals surface area contributed by atoms with E-state index in [1.54, 1.807) is 63.4 Å². The number of ether oxygens (including phenoxy) is 2. The van der Waals surface area contributed by atoms with Crippen LogP contribution in [-0.2, 0) is 32.1 Å². The normalized spacial score (nSPS) is 13.3. The maximum Gasteiger partial charge on any atom is 0.407 e. The second kappa shape index (κ2) is 19.7. The Kier molecular flexibility index (Phi) is 14.8. The predicted molar refractivity (Wildman–Crippen MR) is 201 cm³/mol. The molecule has 4 aromatic rings. The highest BCUT2D eigenvalue weighted by atomic mass is 16.5. The minimum atomic E-state index is -1.40. The van der Waals surface area contributed by atoms with Gasteiger partial charge in [0.05, 0.1) is 38.3 Å². The molecule has 0 radical (unpaired) electrons. The van der Waals surface area contributed by atoms with E-state index in [0.717, 1.165) is 16.5 Å². The fraction of sp³-hybridized carbons (Fsp3) is 0.333. The number of hydrazine groups is 1. The number of aliphatic hydroxyl groups is 1. The molecule has 1 heterocycles. The Morgan fingerprint density at radius 3 is 2.15 bits per heavy atom. The number of alkyl carbamates (subject to hydrolysis) is 1. The van der Waals surface area contributed by atoms with E-state index in [1.807, 2.05) is 42.5 Å². The Bertz CT molecular complexity index is 1890.